The van der Waals surface area contributed by atoms with Gasteiger partial charge in [0, 0.05) is 28.8 Å². The molecule has 0 radical (unpaired) electrons. The number of carbonyl (C=O) groups is 2. The van der Waals surface area contributed by atoms with Crippen LogP contribution in [0.4, 0.5) is 0 Å². The first kappa shape index (κ1) is 18.0. The Kier molecular flexibility index (Phi) is 4.95. The second-order valence-corrected chi connectivity index (χ2v) is 7.74. The summed E-state index contributed by atoms with van der Waals surface area (Å²) < 4.78 is 1.94. The van der Waals surface area contributed by atoms with Gasteiger partial charge in [-0.3, -0.25) is 4.79 Å². The second-order valence-electron chi connectivity index (χ2n) is 6.23. The van der Waals surface area contributed by atoms with Gasteiger partial charge in [0.2, 0.25) is 5.91 Å². The lowest BCUT2D eigenvalue weighted by molar-refractivity contribution is -0.678. The molecule has 2 N–H and O–H groups in total. The van der Waals surface area contributed by atoms with E-state index in [1.807, 2.05) is 36.0 Å². The SMILES string of the molecule is C[C@@H](O)C1C(=O)N2C(C(=O)O)=C(SC(C=S)c3cccc[n+]3C)CC12. The van der Waals surface area contributed by atoms with Crippen molar-refractivity contribution < 1.29 is 24.4 Å². The van der Waals surface area contributed by atoms with Crippen molar-refractivity contribution >= 4 is 41.2 Å². The van der Waals surface area contributed by atoms with E-state index >= 15 is 0 Å². The van der Waals surface area contributed by atoms with Crippen molar-refractivity contribution in [3.8, 4) is 0 Å². The molecular formula is C17H19N2O4S2+. The van der Waals surface area contributed by atoms with Gasteiger partial charge in [-0.2, -0.15) is 0 Å². The van der Waals surface area contributed by atoms with Gasteiger partial charge in [0.1, 0.15) is 18.0 Å². The number of thiocarbonyl (C=S) groups is 1. The van der Waals surface area contributed by atoms with Crippen LogP contribution in [0.15, 0.2) is 35.0 Å². The number of carbonyl (C=O) groups excluding carboxylic acids is 1. The van der Waals surface area contributed by atoms with Crippen molar-refractivity contribution in [1.29, 1.82) is 0 Å². The van der Waals surface area contributed by atoms with E-state index in [0.29, 0.717) is 11.3 Å². The van der Waals surface area contributed by atoms with Crippen LogP contribution in [0, 0.1) is 5.92 Å². The van der Waals surface area contributed by atoms with E-state index < -0.39 is 18.0 Å². The van der Waals surface area contributed by atoms with E-state index in [-0.39, 0.29) is 22.9 Å². The van der Waals surface area contributed by atoms with Crippen molar-refractivity contribution in [1.82, 2.24) is 4.90 Å². The Hall–Kier alpha value is -1.77. The third kappa shape index (κ3) is 2.98. The van der Waals surface area contributed by atoms with Gasteiger partial charge in [0.15, 0.2) is 11.9 Å². The Labute approximate surface area is 155 Å². The molecule has 2 aliphatic rings. The van der Waals surface area contributed by atoms with Crippen LogP contribution in [0.1, 0.15) is 24.3 Å². The summed E-state index contributed by atoms with van der Waals surface area (Å²) in [4.78, 5) is 25.9. The number of amides is 1. The van der Waals surface area contributed by atoms with E-state index in [2.05, 4.69) is 0 Å². The maximum absolute atomic E-state index is 12.3. The van der Waals surface area contributed by atoms with Gasteiger partial charge in [-0.05, 0) is 6.92 Å². The molecule has 3 unspecified atom stereocenters. The van der Waals surface area contributed by atoms with Crippen LogP contribution in [0.3, 0.4) is 0 Å². The zero-order valence-electron chi connectivity index (χ0n) is 13.8. The molecule has 1 saturated heterocycles. The average Bonchev–Trinajstić information content (AvgIpc) is 2.87. The highest BCUT2D eigenvalue weighted by molar-refractivity contribution is 8.04. The van der Waals surface area contributed by atoms with Crippen LogP contribution in [0.5, 0.6) is 0 Å². The molecular weight excluding hydrogens is 360 g/mol. The van der Waals surface area contributed by atoms with E-state index in [1.54, 1.807) is 12.3 Å². The minimum atomic E-state index is -1.12. The molecule has 0 saturated carbocycles. The van der Waals surface area contributed by atoms with Gasteiger partial charge >= 0.3 is 5.97 Å². The number of aliphatic hydroxyl groups excluding tert-OH is 1. The molecule has 1 fully saturated rings. The normalized spacial score (nSPS) is 24.6. The topological polar surface area (TPSA) is 81.7 Å². The number of aliphatic carboxylic acids is 1. The highest BCUT2D eigenvalue weighted by Gasteiger charge is 2.57. The molecule has 1 amide bonds. The van der Waals surface area contributed by atoms with Gasteiger partial charge < -0.3 is 15.1 Å². The van der Waals surface area contributed by atoms with Crippen LogP contribution in [-0.4, -0.2) is 44.5 Å². The highest BCUT2D eigenvalue weighted by atomic mass is 32.2. The highest BCUT2D eigenvalue weighted by Crippen LogP contribution is 2.49. The smallest absolute Gasteiger partial charge is 0.353 e. The zero-order valence-corrected chi connectivity index (χ0v) is 15.5. The number of thioether (sulfide) groups is 1. The number of hydrogen-bond acceptors (Lipinski definition) is 5. The van der Waals surface area contributed by atoms with Crippen molar-refractivity contribution in [3.05, 3.63) is 40.7 Å². The van der Waals surface area contributed by atoms with Crippen LogP contribution >= 0.6 is 24.0 Å². The Morgan fingerprint density at radius 3 is 2.80 bits per heavy atom. The van der Waals surface area contributed by atoms with Crippen molar-refractivity contribution in [2.75, 3.05) is 0 Å². The van der Waals surface area contributed by atoms with Crippen LogP contribution < -0.4 is 4.57 Å². The minimum Gasteiger partial charge on any atom is -0.477 e. The van der Waals surface area contributed by atoms with Crippen molar-refractivity contribution in [3.63, 3.8) is 0 Å². The van der Waals surface area contributed by atoms with E-state index in [1.165, 1.54) is 16.7 Å². The Morgan fingerprint density at radius 1 is 1.52 bits per heavy atom. The fourth-order valence-electron chi connectivity index (χ4n) is 3.48. The number of carboxylic acids is 1. The Balaban J connectivity index is 1.91. The lowest BCUT2D eigenvalue weighted by Crippen LogP contribution is -2.61. The number of aliphatic hydroxyl groups is 1. The number of aryl methyl sites for hydroxylation is 1. The van der Waals surface area contributed by atoms with Gasteiger partial charge in [0.05, 0.1) is 18.1 Å². The summed E-state index contributed by atoms with van der Waals surface area (Å²) in [6.45, 7) is 1.56. The number of carboxylic acid groups (broad SMARTS) is 1. The molecule has 2 aliphatic heterocycles. The molecule has 0 aliphatic carbocycles. The summed E-state index contributed by atoms with van der Waals surface area (Å²) in [5.41, 5.74) is 0.977. The standard InChI is InChI=1S/C17H18N2O4S2/c1-9(20)14-11-7-12(15(17(22)23)19(11)16(14)21)25-13(8-24)10-5-3-4-6-18(10)2/h3-6,8-9,11,13-14,20H,7H2,1-2H3/p+1/t9-,11?,13?,14?/m1/s1. The number of aromatic nitrogens is 1. The first-order valence-electron chi connectivity index (χ1n) is 7.91. The summed E-state index contributed by atoms with van der Waals surface area (Å²) >= 11 is 6.53. The number of nitrogens with zero attached hydrogens (tertiary/aromatic N) is 2. The molecule has 0 aromatic carbocycles. The summed E-state index contributed by atoms with van der Waals surface area (Å²) in [6, 6.07) is 5.47. The second kappa shape index (κ2) is 6.86. The zero-order chi connectivity index (χ0) is 18.3. The molecule has 6 nitrogen and oxygen atoms in total. The van der Waals surface area contributed by atoms with Gasteiger partial charge in [-0.25, -0.2) is 9.36 Å². The fraction of sp³-hybridized carbons (Fsp3) is 0.412. The van der Waals surface area contributed by atoms with Crippen molar-refractivity contribution in [2.24, 2.45) is 13.0 Å². The third-order valence-electron chi connectivity index (χ3n) is 4.67. The lowest BCUT2D eigenvalue weighted by atomic mass is 9.83. The molecule has 3 rings (SSSR count). The molecule has 8 heteroatoms. The third-order valence-corrected chi connectivity index (χ3v) is 6.39. The number of rotatable bonds is 6. The van der Waals surface area contributed by atoms with Gasteiger partial charge in [0.25, 0.3) is 0 Å². The van der Waals surface area contributed by atoms with Gasteiger partial charge in [-0.1, -0.05) is 18.3 Å². The predicted molar refractivity (Wildman–Crippen MR) is 96.7 cm³/mol. The summed E-state index contributed by atoms with van der Waals surface area (Å²) in [5.74, 6) is -1.98. The maximum Gasteiger partial charge on any atom is 0.353 e. The fourth-order valence-corrected chi connectivity index (χ4v) is 5.08. The van der Waals surface area contributed by atoms with Crippen molar-refractivity contribution in [2.45, 2.75) is 30.7 Å². The first-order valence-corrected chi connectivity index (χ1v) is 9.26. The predicted octanol–water partition coefficient (Wildman–Crippen LogP) is 1.19. The quantitative estimate of drug-likeness (QED) is 0.439. The molecule has 4 atom stereocenters. The average molecular weight is 379 g/mol. The number of hydrogen-bond donors (Lipinski definition) is 2. The number of β-lactam (4-membered cyclic amide) rings is 1. The van der Waals surface area contributed by atoms with Gasteiger partial charge in [-0.15, -0.1) is 11.8 Å². The molecule has 25 heavy (non-hydrogen) atoms. The molecule has 132 valence electrons. The van der Waals surface area contributed by atoms with E-state index in [4.69, 9.17) is 12.2 Å². The monoisotopic (exact) mass is 379 g/mol. The Bertz CT molecular complexity index is 778. The van der Waals surface area contributed by atoms with E-state index in [0.717, 1.165) is 5.69 Å². The van der Waals surface area contributed by atoms with Crippen LogP contribution in [0.2, 0.25) is 0 Å². The minimum absolute atomic E-state index is 0.0253. The number of fused-ring (bicyclic) bond motifs is 1. The molecule has 0 spiro atoms. The molecule has 1 aromatic heterocycles. The molecule has 0 bridgehead atoms. The molecule has 1 aromatic rings. The molecule has 3 heterocycles. The Morgan fingerprint density at radius 2 is 2.24 bits per heavy atom. The maximum atomic E-state index is 12.3. The summed E-state index contributed by atoms with van der Waals surface area (Å²) in [6.07, 6.45) is 1.55. The summed E-state index contributed by atoms with van der Waals surface area (Å²) in [5, 5.41) is 20.8. The van der Waals surface area contributed by atoms with Crippen LogP contribution in [-0.2, 0) is 16.6 Å². The lowest BCUT2D eigenvalue weighted by Gasteiger charge is -2.44. The van der Waals surface area contributed by atoms with Crippen LogP contribution in [0.25, 0.3) is 0 Å². The van der Waals surface area contributed by atoms with E-state index in [9.17, 15) is 19.8 Å². The largest absolute Gasteiger partial charge is 0.477 e. The first-order chi connectivity index (χ1) is 11.9. The summed E-state index contributed by atoms with van der Waals surface area (Å²) in [7, 11) is 1.91. The number of pyridine rings is 1.